The molecule has 5 heteroatoms. The molecule has 2 aliphatic rings. The normalized spacial score (nSPS) is 20.0. The highest BCUT2D eigenvalue weighted by molar-refractivity contribution is 5.98. The number of carbonyl (C=O) groups excluding carboxylic acids is 1. The average molecular weight is 286 g/mol. The summed E-state index contributed by atoms with van der Waals surface area (Å²) in [5, 5.41) is 9.36. The van der Waals surface area contributed by atoms with Crippen molar-refractivity contribution >= 4 is 17.7 Å². The molecular weight excluding hydrogens is 268 g/mol. The maximum atomic E-state index is 12.8. The standard InChI is InChI=1S/C16H18N2O3/c1-2-9-17(11-7-8-11)16(21)18-10-13(15(19)20)12-5-3-4-6-14(12)18/h2-6,11,13H,1,7-10H2,(H,19,20). The molecule has 0 bridgehead atoms. The van der Waals surface area contributed by atoms with Gasteiger partial charge in [-0.05, 0) is 24.5 Å². The van der Waals surface area contributed by atoms with Gasteiger partial charge in [0.15, 0.2) is 0 Å². The molecule has 1 atom stereocenters. The lowest BCUT2D eigenvalue weighted by molar-refractivity contribution is -0.138. The molecule has 1 heterocycles. The predicted octanol–water partition coefficient (Wildman–Crippen LogP) is 2.45. The third kappa shape index (κ3) is 2.39. The summed E-state index contributed by atoms with van der Waals surface area (Å²) in [5.41, 5.74) is 1.43. The number of anilines is 1. The molecule has 1 saturated carbocycles. The molecule has 1 N–H and O–H groups in total. The van der Waals surface area contributed by atoms with Crippen LogP contribution in [0.15, 0.2) is 36.9 Å². The van der Waals surface area contributed by atoms with Crippen LogP contribution in [0.2, 0.25) is 0 Å². The van der Waals surface area contributed by atoms with Crippen molar-refractivity contribution in [1.29, 1.82) is 0 Å². The number of nitrogens with zero attached hydrogens (tertiary/aromatic N) is 2. The fourth-order valence-corrected chi connectivity index (χ4v) is 2.86. The van der Waals surface area contributed by atoms with Crippen LogP contribution in [-0.2, 0) is 4.79 Å². The number of aliphatic carboxylic acids is 1. The largest absolute Gasteiger partial charge is 0.481 e. The minimum Gasteiger partial charge on any atom is -0.481 e. The van der Waals surface area contributed by atoms with Crippen LogP contribution >= 0.6 is 0 Å². The first-order valence-corrected chi connectivity index (χ1v) is 7.14. The van der Waals surface area contributed by atoms with Gasteiger partial charge >= 0.3 is 12.0 Å². The van der Waals surface area contributed by atoms with Gasteiger partial charge in [0.1, 0.15) is 5.92 Å². The maximum Gasteiger partial charge on any atom is 0.325 e. The molecule has 0 spiro atoms. The summed E-state index contributed by atoms with van der Waals surface area (Å²) in [5.74, 6) is -1.53. The fourth-order valence-electron chi connectivity index (χ4n) is 2.86. The zero-order valence-electron chi connectivity index (χ0n) is 11.7. The van der Waals surface area contributed by atoms with Crippen LogP contribution in [0.1, 0.15) is 24.3 Å². The Hall–Kier alpha value is -2.30. The molecule has 3 rings (SSSR count). The Bertz CT molecular complexity index is 595. The maximum absolute atomic E-state index is 12.8. The van der Waals surface area contributed by atoms with E-state index in [0.717, 1.165) is 12.8 Å². The molecule has 1 unspecified atom stereocenters. The number of urea groups is 1. The Labute approximate surface area is 123 Å². The van der Waals surface area contributed by atoms with E-state index in [1.807, 2.05) is 18.2 Å². The first kappa shape index (κ1) is 13.7. The van der Waals surface area contributed by atoms with Crippen molar-refractivity contribution in [3.8, 4) is 0 Å². The molecule has 1 aromatic carbocycles. The van der Waals surface area contributed by atoms with E-state index in [1.165, 1.54) is 0 Å². The van der Waals surface area contributed by atoms with Gasteiger partial charge in [0, 0.05) is 24.8 Å². The van der Waals surface area contributed by atoms with Gasteiger partial charge in [0.25, 0.3) is 0 Å². The van der Waals surface area contributed by atoms with Crippen molar-refractivity contribution in [1.82, 2.24) is 4.90 Å². The lowest BCUT2D eigenvalue weighted by atomic mass is 10.0. The zero-order valence-corrected chi connectivity index (χ0v) is 11.7. The summed E-state index contributed by atoms with van der Waals surface area (Å²) < 4.78 is 0. The van der Waals surface area contributed by atoms with E-state index < -0.39 is 11.9 Å². The van der Waals surface area contributed by atoms with Crippen LogP contribution in [0.5, 0.6) is 0 Å². The van der Waals surface area contributed by atoms with Gasteiger partial charge in [-0.25, -0.2) is 4.79 Å². The number of carbonyl (C=O) groups is 2. The van der Waals surface area contributed by atoms with Crippen molar-refractivity contribution in [3.63, 3.8) is 0 Å². The number of para-hydroxylation sites is 1. The van der Waals surface area contributed by atoms with E-state index >= 15 is 0 Å². The first-order chi connectivity index (χ1) is 10.1. The topological polar surface area (TPSA) is 60.9 Å². The summed E-state index contributed by atoms with van der Waals surface area (Å²) in [6.07, 6.45) is 3.74. The Morgan fingerprint density at radius 1 is 1.38 bits per heavy atom. The van der Waals surface area contributed by atoms with Crippen molar-refractivity contribution < 1.29 is 14.7 Å². The summed E-state index contributed by atoms with van der Waals surface area (Å²) >= 11 is 0. The third-order valence-electron chi connectivity index (χ3n) is 4.06. The lowest BCUT2D eigenvalue weighted by Crippen LogP contribution is -2.44. The number of carboxylic acids is 1. The number of hydrogen-bond acceptors (Lipinski definition) is 2. The van der Waals surface area contributed by atoms with E-state index in [0.29, 0.717) is 17.8 Å². The highest BCUT2D eigenvalue weighted by atomic mass is 16.4. The molecular formula is C16H18N2O3. The molecule has 0 aromatic heterocycles. The number of fused-ring (bicyclic) bond motifs is 1. The van der Waals surface area contributed by atoms with Gasteiger partial charge in [0.05, 0.1) is 0 Å². The minimum atomic E-state index is -0.889. The van der Waals surface area contributed by atoms with E-state index in [4.69, 9.17) is 0 Å². The second-order valence-corrected chi connectivity index (χ2v) is 5.52. The van der Waals surface area contributed by atoms with Gasteiger partial charge in [-0.1, -0.05) is 24.3 Å². The van der Waals surface area contributed by atoms with E-state index in [1.54, 1.807) is 21.9 Å². The average Bonchev–Trinajstić information content (AvgIpc) is 3.23. The zero-order chi connectivity index (χ0) is 15.0. The number of rotatable bonds is 4. The van der Waals surface area contributed by atoms with E-state index in [2.05, 4.69) is 6.58 Å². The summed E-state index contributed by atoms with van der Waals surface area (Å²) in [7, 11) is 0. The SMILES string of the molecule is C=CCN(C(=O)N1CC(C(=O)O)c2ccccc21)C1CC1. The van der Waals surface area contributed by atoms with Gasteiger partial charge in [0.2, 0.25) is 0 Å². The Morgan fingerprint density at radius 2 is 2.10 bits per heavy atom. The molecule has 1 aliphatic heterocycles. The number of carboxylic acid groups (broad SMARTS) is 1. The second-order valence-electron chi connectivity index (χ2n) is 5.52. The second kappa shape index (κ2) is 5.24. The Kier molecular flexibility index (Phi) is 3.41. The number of amides is 2. The first-order valence-electron chi connectivity index (χ1n) is 7.14. The van der Waals surface area contributed by atoms with Crippen LogP contribution in [0.4, 0.5) is 10.5 Å². The lowest BCUT2D eigenvalue weighted by Gasteiger charge is -2.27. The van der Waals surface area contributed by atoms with Gasteiger partial charge < -0.3 is 10.0 Å². The van der Waals surface area contributed by atoms with E-state index in [9.17, 15) is 14.7 Å². The Morgan fingerprint density at radius 3 is 2.71 bits per heavy atom. The molecule has 0 radical (unpaired) electrons. The van der Waals surface area contributed by atoms with Crippen molar-refractivity contribution in [2.45, 2.75) is 24.8 Å². The number of hydrogen-bond donors (Lipinski definition) is 1. The van der Waals surface area contributed by atoms with Crippen molar-refractivity contribution in [2.75, 3.05) is 18.0 Å². The Balaban J connectivity index is 1.90. The van der Waals surface area contributed by atoms with Crippen LogP contribution in [-0.4, -0.2) is 41.1 Å². The molecule has 1 aromatic rings. The van der Waals surface area contributed by atoms with Crippen LogP contribution in [0.25, 0.3) is 0 Å². The highest BCUT2D eigenvalue weighted by Gasteiger charge is 2.41. The van der Waals surface area contributed by atoms with Crippen molar-refractivity contribution in [2.24, 2.45) is 0 Å². The molecule has 1 aliphatic carbocycles. The third-order valence-corrected chi connectivity index (χ3v) is 4.06. The molecule has 1 fully saturated rings. The molecule has 0 saturated heterocycles. The molecule has 2 amide bonds. The van der Waals surface area contributed by atoms with Gasteiger partial charge in [-0.15, -0.1) is 6.58 Å². The smallest absolute Gasteiger partial charge is 0.325 e. The van der Waals surface area contributed by atoms with E-state index in [-0.39, 0.29) is 18.6 Å². The molecule has 21 heavy (non-hydrogen) atoms. The minimum absolute atomic E-state index is 0.117. The van der Waals surface area contributed by atoms with Crippen LogP contribution < -0.4 is 4.90 Å². The molecule has 110 valence electrons. The van der Waals surface area contributed by atoms with Crippen molar-refractivity contribution in [3.05, 3.63) is 42.5 Å². The summed E-state index contributed by atoms with van der Waals surface area (Å²) in [6, 6.07) is 7.40. The summed E-state index contributed by atoms with van der Waals surface area (Å²) in [6.45, 7) is 4.40. The van der Waals surface area contributed by atoms with Crippen LogP contribution in [0.3, 0.4) is 0 Å². The predicted molar refractivity (Wildman–Crippen MR) is 79.5 cm³/mol. The monoisotopic (exact) mass is 286 g/mol. The van der Waals surface area contributed by atoms with Crippen LogP contribution in [0, 0.1) is 0 Å². The molecule has 5 nitrogen and oxygen atoms in total. The summed E-state index contributed by atoms with van der Waals surface area (Å²) in [4.78, 5) is 27.5. The number of benzene rings is 1. The van der Waals surface area contributed by atoms with Gasteiger partial charge in [-0.2, -0.15) is 0 Å². The quantitative estimate of drug-likeness (QED) is 0.865. The fraction of sp³-hybridized carbons (Fsp3) is 0.375. The van der Waals surface area contributed by atoms with Gasteiger partial charge in [-0.3, -0.25) is 9.69 Å². The highest BCUT2D eigenvalue weighted by Crippen LogP contribution is 2.38.